The van der Waals surface area contributed by atoms with Crippen molar-refractivity contribution in [2.45, 2.75) is 18.8 Å². The van der Waals surface area contributed by atoms with Crippen LogP contribution in [0, 0.1) is 5.41 Å². The molecule has 2 aromatic rings. The number of alkyl halides is 2. The fourth-order valence-electron chi connectivity index (χ4n) is 3.10. The summed E-state index contributed by atoms with van der Waals surface area (Å²) in [4.78, 5) is 23.7. The van der Waals surface area contributed by atoms with Crippen molar-refractivity contribution < 1.29 is 23.5 Å². The number of aliphatic carboxylic acids is 1. The van der Waals surface area contributed by atoms with E-state index in [1.165, 1.54) is 0 Å². The van der Waals surface area contributed by atoms with Crippen molar-refractivity contribution in [1.82, 2.24) is 5.32 Å². The Morgan fingerprint density at radius 3 is 2.38 bits per heavy atom. The number of halogens is 3. The number of amides is 1. The minimum Gasteiger partial charge on any atom is -0.481 e. The van der Waals surface area contributed by atoms with Crippen molar-refractivity contribution in [3.63, 3.8) is 0 Å². The molecule has 0 heterocycles. The van der Waals surface area contributed by atoms with Gasteiger partial charge < -0.3 is 10.4 Å². The van der Waals surface area contributed by atoms with E-state index < -0.39 is 36.1 Å². The maximum Gasteiger partial charge on any atom is 0.311 e. The van der Waals surface area contributed by atoms with E-state index >= 15 is 0 Å². The molecule has 1 fully saturated rings. The van der Waals surface area contributed by atoms with Crippen LogP contribution in [0.1, 0.15) is 23.2 Å². The van der Waals surface area contributed by atoms with Gasteiger partial charge >= 0.3 is 5.97 Å². The van der Waals surface area contributed by atoms with E-state index in [2.05, 4.69) is 21.2 Å². The highest BCUT2D eigenvalue weighted by Crippen LogP contribution is 2.51. The maximum atomic E-state index is 13.1. The van der Waals surface area contributed by atoms with Crippen molar-refractivity contribution in [1.29, 1.82) is 0 Å². The lowest BCUT2D eigenvalue weighted by Gasteiger charge is -2.43. The fourth-order valence-corrected chi connectivity index (χ4v) is 3.60. The molecule has 2 aromatic carbocycles. The van der Waals surface area contributed by atoms with Crippen molar-refractivity contribution in [2.24, 2.45) is 5.41 Å². The molecule has 0 aliphatic heterocycles. The average Bonchev–Trinajstić information content (AvgIpc) is 2.50. The summed E-state index contributed by atoms with van der Waals surface area (Å²) in [6.07, 6.45) is -1.51. The molecule has 0 spiro atoms. The quantitative estimate of drug-likeness (QED) is 0.823. The maximum absolute atomic E-state index is 13.1. The van der Waals surface area contributed by atoms with Gasteiger partial charge in [0.1, 0.15) is 0 Å². The highest BCUT2D eigenvalue weighted by Gasteiger charge is 2.61. The van der Waals surface area contributed by atoms with Crippen LogP contribution >= 0.6 is 15.9 Å². The van der Waals surface area contributed by atoms with Gasteiger partial charge in [-0.25, -0.2) is 8.78 Å². The van der Waals surface area contributed by atoms with Gasteiger partial charge in [0.25, 0.3) is 11.8 Å². The highest BCUT2D eigenvalue weighted by molar-refractivity contribution is 9.10. The molecule has 1 aliphatic carbocycles. The third kappa shape index (κ3) is 2.88. The van der Waals surface area contributed by atoms with Crippen LogP contribution < -0.4 is 5.32 Å². The smallest absolute Gasteiger partial charge is 0.311 e. The Morgan fingerprint density at radius 1 is 1.12 bits per heavy atom. The molecular weight excluding hydrogens is 384 g/mol. The van der Waals surface area contributed by atoms with Gasteiger partial charge in [-0.3, -0.25) is 9.59 Å². The van der Waals surface area contributed by atoms with Crippen LogP contribution in [0.25, 0.3) is 10.8 Å². The molecule has 1 amide bonds. The van der Waals surface area contributed by atoms with Gasteiger partial charge in [-0.05, 0) is 22.9 Å². The lowest BCUT2D eigenvalue weighted by Crippen LogP contribution is -2.56. The van der Waals surface area contributed by atoms with Crippen LogP contribution in [-0.4, -0.2) is 29.5 Å². The molecule has 0 unspecified atom stereocenters. The Bertz CT molecular complexity index is 830. The molecular formula is C17H14BrF2NO3. The highest BCUT2D eigenvalue weighted by atomic mass is 79.9. The lowest BCUT2D eigenvalue weighted by atomic mass is 9.66. The number of hydrogen-bond donors (Lipinski definition) is 2. The van der Waals surface area contributed by atoms with Crippen molar-refractivity contribution >= 4 is 38.6 Å². The normalized spacial score (nSPS) is 18.0. The summed E-state index contributed by atoms with van der Waals surface area (Å²) < 4.78 is 27.1. The molecule has 3 rings (SSSR count). The van der Waals surface area contributed by atoms with E-state index in [0.29, 0.717) is 10.9 Å². The molecule has 1 saturated carbocycles. The van der Waals surface area contributed by atoms with Crippen molar-refractivity contribution in [3.8, 4) is 0 Å². The van der Waals surface area contributed by atoms with E-state index in [4.69, 9.17) is 0 Å². The lowest BCUT2D eigenvalue weighted by molar-refractivity contribution is -0.192. The Morgan fingerprint density at radius 2 is 1.75 bits per heavy atom. The van der Waals surface area contributed by atoms with E-state index in [1.807, 2.05) is 12.1 Å². The zero-order valence-corrected chi connectivity index (χ0v) is 14.1. The Kier molecular flexibility index (Phi) is 4.07. The van der Waals surface area contributed by atoms with E-state index in [-0.39, 0.29) is 6.54 Å². The van der Waals surface area contributed by atoms with Crippen LogP contribution in [-0.2, 0) is 4.79 Å². The summed E-state index contributed by atoms with van der Waals surface area (Å²) in [7, 11) is 0. The first-order chi connectivity index (χ1) is 11.2. The van der Waals surface area contributed by atoms with E-state index in [0.717, 1.165) is 9.86 Å². The third-order valence-corrected chi connectivity index (χ3v) is 5.04. The number of carboxylic acids is 1. The number of carboxylic acid groups (broad SMARTS) is 1. The number of nitrogens with one attached hydrogen (secondary N) is 1. The third-order valence-electron chi connectivity index (χ3n) is 4.35. The Labute approximate surface area is 145 Å². The van der Waals surface area contributed by atoms with Crippen LogP contribution in [0.4, 0.5) is 8.78 Å². The van der Waals surface area contributed by atoms with Gasteiger partial charge in [0.15, 0.2) is 0 Å². The molecule has 0 atom stereocenters. The molecule has 126 valence electrons. The topological polar surface area (TPSA) is 66.4 Å². The molecule has 2 N–H and O–H groups in total. The van der Waals surface area contributed by atoms with Crippen molar-refractivity contribution in [2.75, 3.05) is 6.54 Å². The predicted molar refractivity (Wildman–Crippen MR) is 88.2 cm³/mol. The number of carbonyl (C=O) groups excluding carboxylic acids is 1. The second-order valence-electron chi connectivity index (χ2n) is 6.12. The van der Waals surface area contributed by atoms with Crippen LogP contribution in [0.5, 0.6) is 0 Å². The number of benzene rings is 2. The Hall–Kier alpha value is -2.02. The molecule has 0 aromatic heterocycles. The number of hydrogen-bond acceptors (Lipinski definition) is 2. The Balaban J connectivity index is 1.81. The molecule has 1 aliphatic rings. The second-order valence-corrected chi connectivity index (χ2v) is 6.97. The zero-order chi connectivity index (χ0) is 17.5. The van der Waals surface area contributed by atoms with Gasteiger partial charge in [-0.1, -0.05) is 40.2 Å². The standard InChI is InChI=1S/C17H14BrF2NO3/c18-13-6-2-3-10-11(13)4-1-5-12(10)14(22)21-9-16(15(23)24)7-17(19,20)8-16/h1-6H,7-9H2,(H,21,22)(H,23,24). The van der Waals surface area contributed by atoms with Crippen LogP contribution in [0.3, 0.4) is 0 Å². The SMILES string of the molecule is O=C(NCC1(C(=O)O)CC(F)(F)C1)c1cccc2c(Br)cccc12. The summed E-state index contributed by atoms with van der Waals surface area (Å²) in [6.45, 7) is -0.318. The molecule has 4 nitrogen and oxygen atoms in total. The summed E-state index contributed by atoms with van der Waals surface area (Å²) in [5.74, 6) is -4.77. The summed E-state index contributed by atoms with van der Waals surface area (Å²) in [5, 5.41) is 13.3. The zero-order valence-electron chi connectivity index (χ0n) is 12.5. The van der Waals surface area contributed by atoms with Crippen LogP contribution in [0.2, 0.25) is 0 Å². The van der Waals surface area contributed by atoms with E-state index in [9.17, 15) is 23.5 Å². The summed E-state index contributed by atoms with van der Waals surface area (Å²) in [5.41, 5.74) is -1.22. The number of carbonyl (C=O) groups is 2. The van der Waals surface area contributed by atoms with Crippen LogP contribution in [0.15, 0.2) is 40.9 Å². The molecule has 0 saturated heterocycles. The van der Waals surface area contributed by atoms with Crippen molar-refractivity contribution in [3.05, 3.63) is 46.4 Å². The van der Waals surface area contributed by atoms with Gasteiger partial charge in [-0.2, -0.15) is 0 Å². The monoisotopic (exact) mass is 397 g/mol. The van der Waals surface area contributed by atoms with Gasteiger partial charge in [-0.15, -0.1) is 0 Å². The second kappa shape index (κ2) is 5.81. The first kappa shape index (κ1) is 16.8. The van der Waals surface area contributed by atoms with Gasteiger partial charge in [0, 0.05) is 29.4 Å². The molecule has 0 radical (unpaired) electrons. The predicted octanol–water partition coefficient (Wildman–Crippen LogP) is 3.83. The van der Waals surface area contributed by atoms with E-state index in [1.54, 1.807) is 24.3 Å². The molecule has 0 bridgehead atoms. The number of fused-ring (bicyclic) bond motifs is 1. The fraction of sp³-hybridized carbons (Fsp3) is 0.294. The van der Waals surface area contributed by atoms with Gasteiger partial charge in [0.05, 0.1) is 5.41 Å². The molecule has 7 heteroatoms. The first-order valence-electron chi connectivity index (χ1n) is 7.31. The first-order valence-corrected chi connectivity index (χ1v) is 8.10. The van der Waals surface area contributed by atoms with Gasteiger partial charge in [0.2, 0.25) is 0 Å². The largest absolute Gasteiger partial charge is 0.481 e. The minimum atomic E-state index is -2.98. The number of rotatable bonds is 4. The minimum absolute atomic E-state index is 0.318. The summed E-state index contributed by atoms with van der Waals surface area (Å²) in [6, 6.07) is 10.6. The molecule has 24 heavy (non-hydrogen) atoms. The average molecular weight is 398 g/mol. The summed E-state index contributed by atoms with van der Waals surface area (Å²) >= 11 is 3.41.